The van der Waals surface area contributed by atoms with Gasteiger partial charge < -0.3 is 9.97 Å². The summed E-state index contributed by atoms with van der Waals surface area (Å²) in [6, 6.07) is 0. The van der Waals surface area contributed by atoms with E-state index in [1.54, 1.807) is 12.2 Å². The highest BCUT2D eigenvalue weighted by molar-refractivity contribution is 5.22. The van der Waals surface area contributed by atoms with Gasteiger partial charge in [0.15, 0.2) is 0 Å². The van der Waals surface area contributed by atoms with Crippen LogP contribution in [0.5, 0.6) is 0 Å². The fourth-order valence-electron chi connectivity index (χ4n) is 1.39. The second-order valence-electron chi connectivity index (χ2n) is 4.56. The zero-order valence-electron chi connectivity index (χ0n) is 10.1. The molecule has 0 radical (unpaired) electrons. The lowest BCUT2D eigenvalue weighted by Crippen LogP contribution is -2.47. The van der Waals surface area contributed by atoms with Crippen LogP contribution in [-0.2, 0) is 0 Å². The minimum atomic E-state index is -0.250. The predicted molar refractivity (Wildman–Crippen MR) is 65.5 cm³/mol. The zero-order valence-corrected chi connectivity index (χ0v) is 10.1. The molecule has 0 aromatic carbocycles. The number of hydrogen-bond acceptors (Lipinski definition) is 2. The second kappa shape index (κ2) is 4.96. The van der Waals surface area contributed by atoms with Gasteiger partial charge in [0.2, 0.25) is 0 Å². The van der Waals surface area contributed by atoms with Gasteiger partial charge in [-0.25, -0.2) is 0 Å². The van der Waals surface area contributed by atoms with Crippen molar-refractivity contribution in [3.8, 4) is 0 Å². The first-order chi connectivity index (χ1) is 7.40. The average Bonchev–Trinajstić information content (AvgIpc) is 2.11. The molecule has 0 bridgehead atoms. The van der Waals surface area contributed by atoms with Gasteiger partial charge in [-0.15, -0.1) is 0 Å². The average molecular weight is 222 g/mol. The van der Waals surface area contributed by atoms with Gasteiger partial charge in [0.05, 0.1) is 0 Å². The van der Waals surface area contributed by atoms with Crippen LogP contribution in [0.3, 0.4) is 0 Å². The summed E-state index contributed by atoms with van der Waals surface area (Å²) in [6.07, 6.45) is 3.47. The third kappa shape index (κ3) is 3.22. The molecule has 0 saturated carbocycles. The van der Waals surface area contributed by atoms with Crippen molar-refractivity contribution in [3.63, 3.8) is 0 Å². The molecule has 88 valence electrons. The van der Waals surface area contributed by atoms with E-state index in [9.17, 15) is 9.59 Å². The Morgan fingerprint density at radius 3 is 1.38 bits per heavy atom. The van der Waals surface area contributed by atoms with Gasteiger partial charge in [0.1, 0.15) is 10.7 Å². The molecule has 0 amide bonds. The smallest absolute Gasteiger partial charge is 0.271 e. The molecule has 0 saturated heterocycles. The van der Waals surface area contributed by atoms with E-state index < -0.39 is 0 Å². The zero-order chi connectivity index (χ0) is 12.3. The minimum Gasteiger partial charge on any atom is -0.316 e. The highest BCUT2D eigenvalue weighted by Gasteiger charge is 1.97. The van der Waals surface area contributed by atoms with Crippen LogP contribution < -0.4 is 21.8 Å². The van der Waals surface area contributed by atoms with E-state index in [4.69, 9.17) is 0 Å². The summed E-state index contributed by atoms with van der Waals surface area (Å²) in [5.41, 5.74) is -0.500. The number of H-pyrrole nitrogens is 2. The topological polar surface area (TPSA) is 65.7 Å². The van der Waals surface area contributed by atoms with E-state index in [0.717, 1.165) is 0 Å². The Kier molecular flexibility index (Phi) is 3.88. The molecule has 2 N–H and O–H groups in total. The summed E-state index contributed by atoms with van der Waals surface area (Å²) in [7, 11) is 0. The van der Waals surface area contributed by atoms with Crippen molar-refractivity contribution in [2.24, 2.45) is 11.8 Å². The number of hydrogen-bond donors (Lipinski definition) is 2. The van der Waals surface area contributed by atoms with Gasteiger partial charge in [-0.3, -0.25) is 9.59 Å². The van der Waals surface area contributed by atoms with E-state index in [1.807, 2.05) is 27.7 Å². The SMILES string of the molecule is CC(C)/C=c1\[nH]c(=O)/c(=C/C(C)C)[nH]c1=O. The maximum absolute atomic E-state index is 11.6. The molecule has 16 heavy (non-hydrogen) atoms. The van der Waals surface area contributed by atoms with Crippen LogP contribution in [0.1, 0.15) is 27.7 Å². The number of nitrogens with one attached hydrogen (secondary N) is 2. The lowest BCUT2D eigenvalue weighted by atomic mass is 10.2. The summed E-state index contributed by atoms with van der Waals surface area (Å²) in [5, 5.41) is 0.668. The molecule has 0 aliphatic heterocycles. The monoisotopic (exact) mass is 222 g/mol. The van der Waals surface area contributed by atoms with Crippen molar-refractivity contribution in [1.82, 2.24) is 9.97 Å². The van der Waals surface area contributed by atoms with E-state index in [1.165, 1.54) is 0 Å². The highest BCUT2D eigenvalue weighted by Crippen LogP contribution is 1.90. The lowest BCUT2D eigenvalue weighted by molar-refractivity contribution is 0.855. The van der Waals surface area contributed by atoms with E-state index >= 15 is 0 Å². The molecule has 0 aliphatic carbocycles. The number of aromatic nitrogens is 2. The molecule has 0 spiro atoms. The predicted octanol–water partition coefficient (Wildman–Crippen LogP) is -0.0638. The van der Waals surface area contributed by atoms with Gasteiger partial charge in [0, 0.05) is 0 Å². The molecule has 1 heterocycles. The number of rotatable bonds is 2. The maximum Gasteiger partial charge on any atom is 0.271 e. The molecule has 0 fully saturated rings. The fourth-order valence-corrected chi connectivity index (χ4v) is 1.39. The Bertz CT molecular complexity index is 523. The van der Waals surface area contributed by atoms with Crippen LogP contribution in [0.2, 0.25) is 0 Å². The van der Waals surface area contributed by atoms with Crippen molar-refractivity contribution >= 4 is 12.2 Å². The van der Waals surface area contributed by atoms with E-state index in [-0.39, 0.29) is 23.0 Å². The first-order valence-corrected chi connectivity index (χ1v) is 5.46. The summed E-state index contributed by atoms with van der Waals surface area (Å²) in [5.74, 6) is 0.438. The first-order valence-electron chi connectivity index (χ1n) is 5.46. The van der Waals surface area contributed by atoms with Gasteiger partial charge in [-0.2, -0.15) is 0 Å². The molecule has 0 unspecified atom stereocenters. The normalized spacial score (nSPS) is 14.1. The third-order valence-corrected chi connectivity index (χ3v) is 1.99. The Morgan fingerprint density at radius 2 is 1.12 bits per heavy atom. The standard InChI is InChI=1S/C12H18N2O2/c1-7(2)5-9-11(15)14-10(6-8(3)4)12(16)13-9/h5-8H,1-4H3,(H,13,16)(H,14,15)/b9-5-,10-6-. The summed E-state index contributed by atoms with van der Waals surface area (Å²) in [6.45, 7) is 7.80. The largest absolute Gasteiger partial charge is 0.316 e. The van der Waals surface area contributed by atoms with Gasteiger partial charge in [-0.05, 0) is 11.8 Å². The van der Waals surface area contributed by atoms with Crippen LogP contribution in [0.25, 0.3) is 12.2 Å². The van der Waals surface area contributed by atoms with Crippen molar-refractivity contribution in [3.05, 3.63) is 31.4 Å². The third-order valence-electron chi connectivity index (χ3n) is 1.99. The van der Waals surface area contributed by atoms with Crippen molar-refractivity contribution < 1.29 is 0 Å². The van der Waals surface area contributed by atoms with Crippen LogP contribution >= 0.6 is 0 Å². The van der Waals surface area contributed by atoms with Crippen LogP contribution in [-0.4, -0.2) is 9.97 Å². The maximum atomic E-state index is 11.6. The second-order valence-corrected chi connectivity index (χ2v) is 4.56. The molecule has 1 aromatic rings. The Labute approximate surface area is 93.7 Å². The number of aromatic amines is 2. The van der Waals surface area contributed by atoms with Crippen LogP contribution in [0, 0.1) is 11.8 Å². The Balaban J connectivity index is 3.52. The summed E-state index contributed by atoms with van der Waals surface area (Å²) in [4.78, 5) is 28.5. The van der Waals surface area contributed by atoms with Gasteiger partial charge in [-0.1, -0.05) is 39.8 Å². The van der Waals surface area contributed by atoms with Gasteiger partial charge in [0.25, 0.3) is 11.1 Å². The molecular formula is C12H18N2O2. The molecule has 0 aliphatic rings. The van der Waals surface area contributed by atoms with E-state index in [0.29, 0.717) is 10.7 Å². The van der Waals surface area contributed by atoms with E-state index in [2.05, 4.69) is 9.97 Å². The summed E-state index contributed by atoms with van der Waals surface area (Å²) >= 11 is 0. The lowest BCUT2D eigenvalue weighted by Gasteiger charge is -1.95. The fraction of sp³-hybridized carbons (Fsp3) is 0.500. The van der Waals surface area contributed by atoms with Crippen molar-refractivity contribution in [1.29, 1.82) is 0 Å². The quantitative estimate of drug-likeness (QED) is 0.736. The molecule has 1 rings (SSSR count). The van der Waals surface area contributed by atoms with Crippen molar-refractivity contribution in [2.45, 2.75) is 27.7 Å². The van der Waals surface area contributed by atoms with Crippen molar-refractivity contribution in [2.75, 3.05) is 0 Å². The van der Waals surface area contributed by atoms with Gasteiger partial charge >= 0.3 is 0 Å². The highest BCUT2D eigenvalue weighted by atomic mass is 16.1. The Morgan fingerprint density at radius 1 is 0.812 bits per heavy atom. The molecular weight excluding hydrogens is 204 g/mol. The summed E-state index contributed by atoms with van der Waals surface area (Å²) < 4.78 is 0. The molecule has 0 atom stereocenters. The molecule has 4 nitrogen and oxygen atoms in total. The Hall–Kier alpha value is -1.58. The van der Waals surface area contributed by atoms with Crippen LogP contribution in [0.4, 0.5) is 0 Å². The van der Waals surface area contributed by atoms with Crippen LogP contribution in [0.15, 0.2) is 9.59 Å². The first kappa shape index (κ1) is 12.5. The molecule has 1 aromatic heterocycles. The molecule has 4 heteroatoms. The minimum absolute atomic E-state index is 0.219.